The number of alkyl halides is 1. The van der Waals surface area contributed by atoms with E-state index in [0.29, 0.717) is 12.6 Å². The molecule has 13 heavy (non-hydrogen) atoms. The molecule has 1 aliphatic rings. The van der Waals surface area contributed by atoms with Gasteiger partial charge in [0.25, 0.3) is 0 Å². The van der Waals surface area contributed by atoms with Gasteiger partial charge in [-0.1, -0.05) is 5.21 Å². The Hall–Kier alpha value is -0.610. The normalized spacial score (nSPS) is 18.9. The molecule has 0 saturated heterocycles. The standard InChI is InChI=1S/C8H12ClN3O/c1-13-5-7(9)8-4-10-11-12(8)6-2-3-6/h4,6-7H,2-3,5H2,1H3. The van der Waals surface area contributed by atoms with Crippen LogP contribution in [0.5, 0.6) is 0 Å². The molecule has 72 valence electrons. The van der Waals surface area contributed by atoms with Crippen molar-refractivity contribution >= 4 is 11.6 Å². The highest BCUT2D eigenvalue weighted by Crippen LogP contribution is 2.36. The Labute approximate surface area is 81.8 Å². The second-order valence-corrected chi connectivity index (χ2v) is 3.78. The molecular formula is C8H12ClN3O. The van der Waals surface area contributed by atoms with Crippen LogP contribution in [0.25, 0.3) is 0 Å². The lowest BCUT2D eigenvalue weighted by Crippen LogP contribution is -2.08. The summed E-state index contributed by atoms with van der Waals surface area (Å²) in [6.07, 6.45) is 4.09. The Bertz CT molecular complexity index is 285. The van der Waals surface area contributed by atoms with Gasteiger partial charge in [0.2, 0.25) is 0 Å². The van der Waals surface area contributed by atoms with Gasteiger partial charge in [0.1, 0.15) is 5.38 Å². The number of hydrogen-bond donors (Lipinski definition) is 0. The van der Waals surface area contributed by atoms with Gasteiger partial charge in [-0.05, 0) is 12.8 Å². The molecule has 0 N–H and O–H groups in total. The molecule has 2 rings (SSSR count). The molecule has 0 radical (unpaired) electrons. The lowest BCUT2D eigenvalue weighted by molar-refractivity contribution is 0.196. The molecule has 0 aliphatic heterocycles. The van der Waals surface area contributed by atoms with Gasteiger partial charge in [0, 0.05) is 7.11 Å². The number of halogens is 1. The van der Waals surface area contributed by atoms with Crippen molar-refractivity contribution in [3.8, 4) is 0 Å². The minimum Gasteiger partial charge on any atom is -0.383 e. The van der Waals surface area contributed by atoms with Crippen LogP contribution in [0.3, 0.4) is 0 Å². The van der Waals surface area contributed by atoms with E-state index in [1.54, 1.807) is 13.3 Å². The van der Waals surface area contributed by atoms with E-state index in [-0.39, 0.29) is 5.38 Å². The highest BCUT2D eigenvalue weighted by Gasteiger charge is 2.28. The second kappa shape index (κ2) is 3.64. The third kappa shape index (κ3) is 1.84. The van der Waals surface area contributed by atoms with E-state index in [1.807, 2.05) is 4.68 Å². The fourth-order valence-corrected chi connectivity index (χ4v) is 1.59. The largest absolute Gasteiger partial charge is 0.383 e. The van der Waals surface area contributed by atoms with Gasteiger partial charge < -0.3 is 4.74 Å². The van der Waals surface area contributed by atoms with E-state index in [2.05, 4.69) is 10.3 Å². The summed E-state index contributed by atoms with van der Waals surface area (Å²) in [5.74, 6) is 0. The van der Waals surface area contributed by atoms with E-state index >= 15 is 0 Å². The summed E-state index contributed by atoms with van der Waals surface area (Å²) in [6, 6.07) is 0.524. The molecule has 5 heteroatoms. The number of hydrogen-bond acceptors (Lipinski definition) is 3. The third-order valence-electron chi connectivity index (χ3n) is 2.13. The van der Waals surface area contributed by atoms with Gasteiger partial charge in [0.05, 0.1) is 24.5 Å². The van der Waals surface area contributed by atoms with Gasteiger partial charge in [-0.2, -0.15) is 0 Å². The van der Waals surface area contributed by atoms with E-state index < -0.39 is 0 Å². The van der Waals surface area contributed by atoms with Crippen LogP contribution in [0.1, 0.15) is 30.0 Å². The fourth-order valence-electron chi connectivity index (χ4n) is 1.31. The molecule has 1 aromatic rings. The zero-order valence-electron chi connectivity index (χ0n) is 7.48. The summed E-state index contributed by atoms with van der Waals surface area (Å²) in [4.78, 5) is 0. The van der Waals surface area contributed by atoms with Crippen LogP contribution in [0, 0.1) is 0 Å². The molecule has 0 aromatic carbocycles. The molecule has 1 atom stereocenters. The summed E-state index contributed by atoms with van der Waals surface area (Å²) in [5.41, 5.74) is 0.964. The van der Waals surface area contributed by atoms with Crippen LogP contribution in [0.4, 0.5) is 0 Å². The van der Waals surface area contributed by atoms with Gasteiger partial charge >= 0.3 is 0 Å². The van der Waals surface area contributed by atoms with E-state index in [1.165, 1.54) is 12.8 Å². The Balaban J connectivity index is 2.13. The molecule has 1 unspecified atom stereocenters. The molecule has 1 aliphatic carbocycles. The number of aromatic nitrogens is 3. The SMILES string of the molecule is COCC(Cl)c1cnnn1C1CC1. The first-order valence-corrected chi connectivity index (χ1v) is 4.79. The Kier molecular flexibility index (Phi) is 2.51. The van der Waals surface area contributed by atoms with Crippen molar-refractivity contribution in [2.45, 2.75) is 24.3 Å². The minimum absolute atomic E-state index is 0.138. The smallest absolute Gasteiger partial charge is 0.100 e. The van der Waals surface area contributed by atoms with Crippen LogP contribution in [-0.2, 0) is 4.74 Å². The predicted molar refractivity (Wildman–Crippen MR) is 48.8 cm³/mol. The number of methoxy groups -OCH3 is 1. The topological polar surface area (TPSA) is 39.9 Å². The first kappa shape index (κ1) is 8.97. The van der Waals surface area contributed by atoms with Crippen molar-refractivity contribution in [1.82, 2.24) is 15.0 Å². The first-order valence-electron chi connectivity index (χ1n) is 4.36. The van der Waals surface area contributed by atoms with Crippen molar-refractivity contribution in [3.05, 3.63) is 11.9 Å². The van der Waals surface area contributed by atoms with Crippen molar-refractivity contribution in [2.24, 2.45) is 0 Å². The van der Waals surface area contributed by atoms with Crippen molar-refractivity contribution in [2.75, 3.05) is 13.7 Å². The van der Waals surface area contributed by atoms with Crippen molar-refractivity contribution in [1.29, 1.82) is 0 Å². The molecular weight excluding hydrogens is 190 g/mol. The maximum Gasteiger partial charge on any atom is 0.100 e. The maximum absolute atomic E-state index is 6.10. The lowest BCUT2D eigenvalue weighted by atomic mass is 10.3. The first-order chi connectivity index (χ1) is 6.33. The summed E-state index contributed by atoms with van der Waals surface area (Å²) >= 11 is 6.10. The third-order valence-corrected chi connectivity index (χ3v) is 2.48. The quantitative estimate of drug-likeness (QED) is 0.694. The van der Waals surface area contributed by atoms with E-state index in [4.69, 9.17) is 16.3 Å². The lowest BCUT2D eigenvalue weighted by Gasteiger charge is -2.09. The Morgan fingerprint density at radius 1 is 1.77 bits per heavy atom. The Morgan fingerprint density at radius 3 is 3.15 bits per heavy atom. The fraction of sp³-hybridized carbons (Fsp3) is 0.750. The average Bonchev–Trinajstić information content (AvgIpc) is 2.84. The zero-order chi connectivity index (χ0) is 9.26. The summed E-state index contributed by atoms with van der Waals surface area (Å²) in [7, 11) is 1.64. The van der Waals surface area contributed by atoms with Crippen LogP contribution >= 0.6 is 11.6 Å². The van der Waals surface area contributed by atoms with E-state index in [9.17, 15) is 0 Å². The predicted octanol–water partition coefficient (Wildman–Crippen LogP) is 1.54. The second-order valence-electron chi connectivity index (χ2n) is 3.26. The van der Waals surface area contributed by atoms with Crippen LogP contribution in [0.15, 0.2) is 6.20 Å². The molecule has 4 nitrogen and oxygen atoms in total. The summed E-state index contributed by atoms with van der Waals surface area (Å²) in [6.45, 7) is 0.502. The zero-order valence-corrected chi connectivity index (χ0v) is 8.24. The molecule has 0 amide bonds. The number of rotatable bonds is 4. The molecule has 1 aromatic heterocycles. The van der Waals surface area contributed by atoms with Crippen LogP contribution in [-0.4, -0.2) is 28.7 Å². The number of ether oxygens (including phenoxy) is 1. The van der Waals surface area contributed by atoms with Gasteiger partial charge in [0.15, 0.2) is 0 Å². The molecule has 1 saturated carbocycles. The molecule has 0 spiro atoms. The monoisotopic (exact) mass is 201 g/mol. The van der Waals surface area contributed by atoms with Crippen LogP contribution in [0.2, 0.25) is 0 Å². The van der Waals surface area contributed by atoms with E-state index in [0.717, 1.165) is 5.69 Å². The Morgan fingerprint density at radius 2 is 2.54 bits per heavy atom. The highest BCUT2D eigenvalue weighted by molar-refractivity contribution is 6.20. The average molecular weight is 202 g/mol. The van der Waals surface area contributed by atoms with Crippen molar-refractivity contribution < 1.29 is 4.74 Å². The van der Waals surface area contributed by atoms with Crippen molar-refractivity contribution in [3.63, 3.8) is 0 Å². The summed E-state index contributed by atoms with van der Waals surface area (Å²) in [5, 5.41) is 7.73. The van der Waals surface area contributed by atoms with Crippen LogP contribution < -0.4 is 0 Å². The number of nitrogens with zero attached hydrogens (tertiary/aromatic N) is 3. The van der Waals surface area contributed by atoms with Gasteiger partial charge in [-0.15, -0.1) is 16.7 Å². The maximum atomic E-state index is 6.10. The molecule has 1 fully saturated rings. The van der Waals surface area contributed by atoms with Gasteiger partial charge in [-0.25, -0.2) is 4.68 Å². The molecule has 0 bridgehead atoms. The highest BCUT2D eigenvalue weighted by atomic mass is 35.5. The van der Waals surface area contributed by atoms with Gasteiger partial charge in [-0.3, -0.25) is 0 Å². The minimum atomic E-state index is -0.138. The molecule has 1 heterocycles. The summed E-state index contributed by atoms with van der Waals surface area (Å²) < 4.78 is 6.90.